The van der Waals surface area contributed by atoms with E-state index in [-0.39, 0.29) is 18.0 Å². The second-order valence-electron chi connectivity index (χ2n) is 8.24. The third-order valence-corrected chi connectivity index (χ3v) is 6.09. The Morgan fingerprint density at radius 1 is 1.19 bits per heavy atom. The van der Waals surface area contributed by atoms with Gasteiger partial charge in [-0.3, -0.25) is 9.88 Å². The van der Waals surface area contributed by atoms with Crippen LogP contribution in [0.3, 0.4) is 0 Å². The second-order valence-corrected chi connectivity index (χ2v) is 8.24. The molecule has 1 saturated carbocycles. The molecule has 4 heterocycles. The molecule has 0 spiro atoms. The van der Waals surface area contributed by atoms with Crippen molar-refractivity contribution in [1.29, 1.82) is 0 Å². The molecule has 1 aliphatic carbocycles. The zero-order chi connectivity index (χ0) is 22.5. The zero-order valence-electron chi connectivity index (χ0n) is 17.2. The number of ether oxygens (including phenoxy) is 1. The predicted molar refractivity (Wildman–Crippen MR) is 106 cm³/mol. The smallest absolute Gasteiger partial charge is 0.417 e. The standard InChI is InChI=1S/C22H21F3N4O3/c1-12-2-4-15(20-26-6-7-31-20)19(28-12)21(30)29-11-13-8-16(29)17(9-13)32-18-5-3-14(10-27-18)22(23,24)25/h2-7,10,13,16-17,21,30H,8-9,11H2,1H3. The molecule has 2 bridgehead atoms. The molecule has 1 saturated heterocycles. The number of hydrogen-bond donors (Lipinski definition) is 1. The van der Waals surface area contributed by atoms with Crippen molar-refractivity contribution in [3.05, 3.63) is 59.9 Å². The second kappa shape index (κ2) is 7.86. The molecule has 1 N–H and O–H groups in total. The van der Waals surface area contributed by atoms with Crippen LogP contribution >= 0.6 is 0 Å². The molecule has 1 aliphatic heterocycles. The number of aliphatic hydroxyl groups excluding tert-OH is 1. The zero-order valence-corrected chi connectivity index (χ0v) is 17.2. The molecule has 5 rings (SSSR count). The summed E-state index contributed by atoms with van der Waals surface area (Å²) in [4.78, 5) is 14.5. The van der Waals surface area contributed by atoms with Crippen LogP contribution in [-0.4, -0.2) is 43.6 Å². The Bertz CT molecular complexity index is 1090. The van der Waals surface area contributed by atoms with E-state index in [1.807, 2.05) is 24.0 Å². The minimum atomic E-state index is -4.44. The Labute approximate surface area is 181 Å². The van der Waals surface area contributed by atoms with E-state index in [2.05, 4.69) is 15.0 Å². The van der Waals surface area contributed by atoms with E-state index in [0.29, 0.717) is 29.6 Å². The number of fused-ring (bicyclic) bond motifs is 2. The summed E-state index contributed by atoms with van der Waals surface area (Å²) in [6.07, 6.45) is -0.392. The van der Waals surface area contributed by atoms with Gasteiger partial charge in [0.25, 0.3) is 0 Å². The largest absolute Gasteiger partial charge is 0.473 e. The van der Waals surface area contributed by atoms with Gasteiger partial charge in [-0.25, -0.2) is 9.97 Å². The molecule has 7 nitrogen and oxygen atoms in total. The average molecular weight is 446 g/mol. The number of aromatic nitrogens is 3. The number of oxazole rings is 1. The van der Waals surface area contributed by atoms with Gasteiger partial charge in [0.1, 0.15) is 12.4 Å². The average Bonchev–Trinajstić information content (AvgIpc) is 3.50. The first kappa shape index (κ1) is 20.9. The van der Waals surface area contributed by atoms with E-state index < -0.39 is 18.0 Å². The van der Waals surface area contributed by atoms with Crippen molar-refractivity contribution in [1.82, 2.24) is 19.9 Å². The van der Waals surface area contributed by atoms with Crippen molar-refractivity contribution in [2.24, 2.45) is 5.92 Å². The highest BCUT2D eigenvalue weighted by atomic mass is 19.4. The molecule has 168 valence electrons. The Balaban J connectivity index is 1.36. The number of likely N-dealkylation sites (tertiary alicyclic amines) is 1. The molecule has 32 heavy (non-hydrogen) atoms. The molecule has 0 radical (unpaired) electrons. The third-order valence-electron chi connectivity index (χ3n) is 6.09. The fraction of sp³-hybridized carbons (Fsp3) is 0.409. The maximum absolute atomic E-state index is 12.8. The molecule has 0 aromatic carbocycles. The minimum Gasteiger partial charge on any atom is -0.473 e. The number of pyridine rings is 2. The molecule has 3 aromatic rings. The number of aryl methyl sites for hydroxylation is 1. The third kappa shape index (κ3) is 3.84. The highest BCUT2D eigenvalue weighted by Gasteiger charge is 2.49. The summed E-state index contributed by atoms with van der Waals surface area (Å²) >= 11 is 0. The lowest BCUT2D eigenvalue weighted by molar-refractivity contribution is -0.137. The van der Waals surface area contributed by atoms with Gasteiger partial charge in [0, 0.05) is 30.5 Å². The molecule has 4 atom stereocenters. The van der Waals surface area contributed by atoms with E-state index >= 15 is 0 Å². The summed E-state index contributed by atoms with van der Waals surface area (Å²) < 4.78 is 49.7. The van der Waals surface area contributed by atoms with Crippen LogP contribution in [0.2, 0.25) is 0 Å². The Kier molecular flexibility index (Phi) is 5.13. The summed E-state index contributed by atoms with van der Waals surface area (Å²) in [7, 11) is 0. The molecular weight excluding hydrogens is 425 g/mol. The quantitative estimate of drug-likeness (QED) is 0.634. The molecular formula is C22H21F3N4O3. The predicted octanol–water partition coefficient (Wildman–Crippen LogP) is 3.99. The molecule has 2 aliphatic rings. The van der Waals surface area contributed by atoms with Crippen molar-refractivity contribution in [3.8, 4) is 17.3 Å². The topological polar surface area (TPSA) is 84.5 Å². The molecule has 2 fully saturated rings. The monoisotopic (exact) mass is 446 g/mol. The lowest BCUT2D eigenvalue weighted by atomic mass is 10.1. The van der Waals surface area contributed by atoms with Gasteiger partial charge >= 0.3 is 6.18 Å². The van der Waals surface area contributed by atoms with Gasteiger partial charge in [-0.1, -0.05) is 0 Å². The maximum atomic E-state index is 12.8. The van der Waals surface area contributed by atoms with Crippen LogP contribution < -0.4 is 4.74 Å². The van der Waals surface area contributed by atoms with E-state index in [0.717, 1.165) is 30.8 Å². The van der Waals surface area contributed by atoms with Gasteiger partial charge in [-0.2, -0.15) is 13.2 Å². The SMILES string of the molecule is Cc1ccc(-c2ncco2)c(C(O)N2CC3CC(Oc4ccc(C(F)(F)F)cn4)C2C3)n1. The first-order valence-corrected chi connectivity index (χ1v) is 10.3. The molecule has 3 aromatic heterocycles. The van der Waals surface area contributed by atoms with E-state index in [4.69, 9.17) is 9.15 Å². The number of halogens is 3. The van der Waals surface area contributed by atoms with Gasteiger partial charge in [0.05, 0.1) is 23.0 Å². The van der Waals surface area contributed by atoms with Crippen LogP contribution in [0.25, 0.3) is 11.5 Å². The maximum Gasteiger partial charge on any atom is 0.417 e. The van der Waals surface area contributed by atoms with Crippen molar-refractivity contribution in [3.63, 3.8) is 0 Å². The van der Waals surface area contributed by atoms with Crippen LogP contribution in [0.5, 0.6) is 5.88 Å². The Hall–Kier alpha value is -2.98. The van der Waals surface area contributed by atoms with Crippen LogP contribution in [0, 0.1) is 12.8 Å². The minimum absolute atomic E-state index is 0.112. The van der Waals surface area contributed by atoms with Crippen LogP contribution in [0.4, 0.5) is 13.2 Å². The number of hydrogen-bond acceptors (Lipinski definition) is 7. The van der Waals surface area contributed by atoms with Crippen LogP contribution in [0.1, 0.15) is 36.0 Å². The van der Waals surface area contributed by atoms with Gasteiger partial charge in [-0.15, -0.1) is 0 Å². The van der Waals surface area contributed by atoms with Gasteiger partial charge in [0.2, 0.25) is 11.8 Å². The lowest BCUT2D eigenvalue weighted by Gasteiger charge is -2.36. The summed E-state index contributed by atoms with van der Waals surface area (Å²) in [5.41, 5.74) is 0.990. The number of nitrogens with zero attached hydrogens (tertiary/aromatic N) is 4. The van der Waals surface area contributed by atoms with Crippen molar-refractivity contribution in [2.45, 2.75) is 44.3 Å². The number of rotatable bonds is 5. The van der Waals surface area contributed by atoms with Crippen LogP contribution in [-0.2, 0) is 6.18 Å². The first-order valence-electron chi connectivity index (χ1n) is 10.3. The normalized spacial score (nSPS) is 24.1. The summed E-state index contributed by atoms with van der Waals surface area (Å²) in [6, 6.07) is 5.73. The fourth-order valence-electron chi connectivity index (χ4n) is 4.66. The number of piperidine rings is 1. The van der Waals surface area contributed by atoms with Gasteiger partial charge in [0.15, 0.2) is 6.23 Å². The number of aliphatic hydroxyl groups is 1. The summed E-state index contributed by atoms with van der Waals surface area (Å²) in [5.74, 6) is 0.820. The van der Waals surface area contributed by atoms with Crippen LogP contribution in [0.15, 0.2) is 47.3 Å². The van der Waals surface area contributed by atoms with E-state index in [1.54, 1.807) is 0 Å². The van der Waals surface area contributed by atoms with Crippen molar-refractivity contribution in [2.75, 3.05) is 6.54 Å². The fourth-order valence-corrected chi connectivity index (χ4v) is 4.66. The molecule has 4 unspecified atom stereocenters. The number of alkyl halides is 3. The summed E-state index contributed by atoms with van der Waals surface area (Å²) in [5, 5.41) is 11.3. The molecule has 0 amide bonds. The highest BCUT2D eigenvalue weighted by Crippen LogP contribution is 2.44. The van der Waals surface area contributed by atoms with E-state index in [1.165, 1.54) is 18.5 Å². The summed E-state index contributed by atoms with van der Waals surface area (Å²) in [6.45, 7) is 2.51. The Morgan fingerprint density at radius 3 is 2.69 bits per heavy atom. The van der Waals surface area contributed by atoms with Gasteiger partial charge < -0.3 is 14.3 Å². The molecule has 10 heteroatoms. The van der Waals surface area contributed by atoms with Gasteiger partial charge in [-0.05, 0) is 43.9 Å². The highest BCUT2D eigenvalue weighted by molar-refractivity contribution is 5.57. The lowest BCUT2D eigenvalue weighted by Crippen LogP contribution is -2.46. The Morgan fingerprint density at radius 2 is 2.03 bits per heavy atom. The first-order chi connectivity index (χ1) is 15.3. The van der Waals surface area contributed by atoms with Crippen molar-refractivity contribution < 1.29 is 27.4 Å². The van der Waals surface area contributed by atoms with E-state index in [9.17, 15) is 18.3 Å². The van der Waals surface area contributed by atoms with Crippen molar-refractivity contribution >= 4 is 0 Å².